The van der Waals surface area contributed by atoms with Crippen molar-refractivity contribution in [1.29, 1.82) is 5.26 Å². The van der Waals surface area contributed by atoms with E-state index < -0.39 is 0 Å². The van der Waals surface area contributed by atoms with Gasteiger partial charge in [0.2, 0.25) is 0 Å². The van der Waals surface area contributed by atoms with Crippen molar-refractivity contribution in [2.45, 2.75) is 26.1 Å². The van der Waals surface area contributed by atoms with Gasteiger partial charge in [0.15, 0.2) is 0 Å². The van der Waals surface area contributed by atoms with Crippen LogP contribution in [0.15, 0.2) is 53.3 Å². The Bertz CT molecular complexity index is 1060. The van der Waals surface area contributed by atoms with Crippen molar-refractivity contribution in [3.63, 3.8) is 0 Å². The second-order valence-corrected chi connectivity index (χ2v) is 7.08. The normalized spacial score (nSPS) is 13.7. The van der Waals surface area contributed by atoms with Crippen LogP contribution < -0.4 is 10.3 Å². The molecule has 0 saturated heterocycles. The van der Waals surface area contributed by atoms with E-state index in [0.717, 1.165) is 47.6 Å². The molecule has 0 radical (unpaired) electrons. The summed E-state index contributed by atoms with van der Waals surface area (Å²) in [6.45, 7) is 2.83. The molecule has 3 aromatic rings. The molecule has 0 saturated carbocycles. The van der Waals surface area contributed by atoms with Gasteiger partial charge >= 0.3 is 0 Å². The maximum absolute atomic E-state index is 12.9. The minimum absolute atomic E-state index is 0.0512. The summed E-state index contributed by atoms with van der Waals surface area (Å²) in [6.07, 6.45) is 0.830. The molecule has 0 amide bonds. The Morgan fingerprint density at radius 1 is 1.07 bits per heavy atom. The molecule has 0 unspecified atom stereocenters. The van der Waals surface area contributed by atoms with Crippen LogP contribution >= 0.6 is 0 Å². The number of benzene rings is 2. The van der Waals surface area contributed by atoms with Gasteiger partial charge in [0.25, 0.3) is 5.56 Å². The molecule has 6 nitrogen and oxygen atoms in total. The average molecular weight is 374 g/mol. The number of nitrogens with zero attached hydrogens (tertiary/aromatic N) is 3. The number of fused-ring (bicyclic) bond motifs is 1. The van der Waals surface area contributed by atoms with E-state index in [9.17, 15) is 4.79 Å². The number of hydrogen-bond acceptors (Lipinski definition) is 4. The summed E-state index contributed by atoms with van der Waals surface area (Å²) >= 11 is 0. The van der Waals surface area contributed by atoms with E-state index >= 15 is 0 Å². The minimum atomic E-state index is 0.0512. The number of H-pyrrole nitrogens is 1. The third-order valence-electron chi connectivity index (χ3n) is 5.19. The van der Waals surface area contributed by atoms with Gasteiger partial charge in [0.1, 0.15) is 5.75 Å². The lowest BCUT2D eigenvalue weighted by Crippen LogP contribution is -2.32. The molecule has 0 fully saturated rings. The zero-order valence-electron chi connectivity index (χ0n) is 15.8. The molecular formula is C22H22N4O2. The van der Waals surface area contributed by atoms with Gasteiger partial charge in [-0.25, -0.2) is 4.68 Å². The first-order valence-corrected chi connectivity index (χ1v) is 9.31. The summed E-state index contributed by atoms with van der Waals surface area (Å²) in [5.41, 5.74) is 4.81. The van der Waals surface area contributed by atoms with Gasteiger partial charge in [-0.05, 0) is 35.4 Å². The molecule has 0 bridgehead atoms. The Morgan fingerprint density at radius 3 is 2.43 bits per heavy atom. The summed E-state index contributed by atoms with van der Waals surface area (Å²) < 4.78 is 6.88. The molecule has 2 aromatic carbocycles. The van der Waals surface area contributed by atoms with E-state index in [2.05, 4.69) is 16.1 Å². The van der Waals surface area contributed by atoms with E-state index in [1.54, 1.807) is 11.8 Å². The highest BCUT2D eigenvalue weighted by atomic mass is 16.5. The molecule has 2 heterocycles. The smallest absolute Gasteiger partial charge is 0.271 e. The molecule has 6 heteroatoms. The third-order valence-corrected chi connectivity index (χ3v) is 5.19. The Balaban J connectivity index is 1.47. The van der Waals surface area contributed by atoms with Crippen LogP contribution in [0.4, 0.5) is 0 Å². The highest BCUT2D eigenvalue weighted by molar-refractivity contribution is 5.32. The lowest BCUT2D eigenvalue weighted by atomic mass is 10.1. The van der Waals surface area contributed by atoms with Crippen molar-refractivity contribution in [2.24, 2.45) is 0 Å². The van der Waals surface area contributed by atoms with Crippen LogP contribution in [0, 0.1) is 11.3 Å². The van der Waals surface area contributed by atoms with E-state index in [0.29, 0.717) is 18.7 Å². The summed E-state index contributed by atoms with van der Waals surface area (Å²) in [5.74, 6) is 0.806. The van der Waals surface area contributed by atoms with Crippen LogP contribution in [0.25, 0.3) is 0 Å². The Morgan fingerprint density at radius 2 is 1.75 bits per heavy atom. The number of aromatic nitrogens is 2. The predicted octanol–water partition coefficient (Wildman–Crippen LogP) is 2.66. The molecule has 142 valence electrons. The highest BCUT2D eigenvalue weighted by Gasteiger charge is 2.22. The molecule has 1 aliphatic rings. The summed E-state index contributed by atoms with van der Waals surface area (Å²) in [7, 11) is 1.64. The first-order chi connectivity index (χ1) is 13.7. The molecule has 4 rings (SSSR count). The fraction of sp³-hybridized carbons (Fsp3) is 0.273. The lowest BCUT2D eigenvalue weighted by Gasteiger charge is -2.25. The molecule has 1 aromatic heterocycles. The van der Waals surface area contributed by atoms with Crippen molar-refractivity contribution < 1.29 is 4.74 Å². The molecule has 28 heavy (non-hydrogen) atoms. The topological polar surface area (TPSA) is 74.0 Å². The standard InChI is InChI=1S/C22H22N4O2/c1-28-19-8-6-18(7-9-19)14-26-22(27)20-15-25(11-10-21(20)24-26)13-17-4-2-16(12-23)3-5-17/h2-9,24H,10-11,13-15H2,1H3. The molecule has 1 N–H and O–H groups in total. The Kier molecular flexibility index (Phi) is 5.00. The van der Waals surface area contributed by atoms with Crippen LogP contribution in [0.1, 0.15) is 27.9 Å². The van der Waals surface area contributed by atoms with Crippen molar-refractivity contribution >= 4 is 0 Å². The van der Waals surface area contributed by atoms with Gasteiger partial charge in [-0.3, -0.25) is 14.8 Å². The second kappa shape index (κ2) is 7.75. The van der Waals surface area contributed by atoms with E-state index in [-0.39, 0.29) is 5.56 Å². The molecule has 1 aliphatic heterocycles. The van der Waals surface area contributed by atoms with Gasteiger partial charge in [0.05, 0.1) is 30.9 Å². The second-order valence-electron chi connectivity index (χ2n) is 7.08. The summed E-state index contributed by atoms with van der Waals surface area (Å²) in [6, 6.07) is 17.5. The van der Waals surface area contributed by atoms with Crippen LogP contribution in [0.5, 0.6) is 5.75 Å². The number of rotatable bonds is 5. The maximum atomic E-state index is 12.9. The third kappa shape index (κ3) is 3.71. The Hall–Kier alpha value is -3.30. The molecule has 0 aliphatic carbocycles. The van der Waals surface area contributed by atoms with Gasteiger partial charge in [-0.1, -0.05) is 24.3 Å². The van der Waals surface area contributed by atoms with Gasteiger partial charge in [0, 0.05) is 31.7 Å². The maximum Gasteiger partial charge on any atom is 0.271 e. The predicted molar refractivity (Wildman–Crippen MR) is 106 cm³/mol. The summed E-state index contributed by atoms with van der Waals surface area (Å²) in [4.78, 5) is 15.1. The minimum Gasteiger partial charge on any atom is -0.497 e. The van der Waals surface area contributed by atoms with E-state index in [4.69, 9.17) is 10.00 Å². The number of ether oxygens (including phenoxy) is 1. The van der Waals surface area contributed by atoms with Crippen LogP contribution in [-0.4, -0.2) is 28.3 Å². The van der Waals surface area contributed by atoms with Gasteiger partial charge in [-0.2, -0.15) is 5.26 Å². The molecule has 0 atom stereocenters. The quantitative estimate of drug-likeness (QED) is 0.745. The number of nitrogens with one attached hydrogen (secondary N) is 1. The van der Waals surface area contributed by atoms with Crippen LogP contribution in [0.3, 0.4) is 0 Å². The van der Waals surface area contributed by atoms with Gasteiger partial charge < -0.3 is 4.74 Å². The van der Waals surface area contributed by atoms with E-state index in [1.165, 1.54) is 0 Å². The van der Waals surface area contributed by atoms with Crippen molar-refractivity contribution in [3.05, 3.63) is 86.8 Å². The zero-order valence-corrected chi connectivity index (χ0v) is 15.8. The summed E-state index contributed by atoms with van der Waals surface area (Å²) in [5, 5.41) is 12.2. The van der Waals surface area contributed by atoms with Crippen molar-refractivity contribution in [3.8, 4) is 11.8 Å². The highest BCUT2D eigenvalue weighted by Crippen LogP contribution is 2.18. The zero-order chi connectivity index (χ0) is 19.5. The SMILES string of the molecule is COc1ccc(Cn2[nH]c3c(c2=O)CN(Cc2ccc(C#N)cc2)CC3)cc1. The van der Waals surface area contributed by atoms with Crippen LogP contribution in [-0.2, 0) is 26.1 Å². The van der Waals surface area contributed by atoms with Crippen molar-refractivity contribution in [1.82, 2.24) is 14.7 Å². The monoisotopic (exact) mass is 374 g/mol. The fourth-order valence-corrected chi connectivity index (χ4v) is 3.62. The van der Waals surface area contributed by atoms with Crippen LogP contribution in [0.2, 0.25) is 0 Å². The fourth-order valence-electron chi connectivity index (χ4n) is 3.62. The first-order valence-electron chi connectivity index (χ1n) is 9.31. The van der Waals surface area contributed by atoms with Crippen molar-refractivity contribution in [2.75, 3.05) is 13.7 Å². The lowest BCUT2D eigenvalue weighted by molar-refractivity contribution is 0.244. The number of hydrogen-bond donors (Lipinski definition) is 1. The number of methoxy groups -OCH3 is 1. The number of nitriles is 1. The molecule has 0 spiro atoms. The van der Waals surface area contributed by atoms with E-state index in [1.807, 2.05) is 48.5 Å². The number of aromatic amines is 1. The largest absolute Gasteiger partial charge is 0.497 e. The molecular weight excluding hydrogens is 352 g/mol. The average Bonchev–Trinajstić information content (AvgIpc) is 3.04. The van der Waals surface area contributed by atoms with Gasteiger partial charge in [-0.15, -0.1) is 0 Å². The Labute approximate surface area is 163 Å². The first kappa shape index (κ1) is 18.1.